The Bertz CT molecular complexity index is 313. The summed E-state index contributed by atoms with van der Waals surface area (Å²) < 4.78 is 5.03. The molecule has 0 aromatic rings. The maximum Gasteiger partial charge on any atom is 0.315 e. The highest BCUT2D eigenvalue weighted by Crippen LogP contribution is 2.45. The van der Waals surface area contributed by atoms with Crippen molar-refractivity contribution in [1.29, 1.82) is 0 Å². The molecule has 1 rings (SSSR count). The molecule has 6 heteroatoms. The molecular weight excluding hydrogens is 236 g/mol. The fourth-order valence-electron chi connectivity index (χ4n) is 1.67. The highest BCUT2D eigenvalue weighted by atomic mass is 16.5. The highest BCUT2D eigenvalue weighted by Gasteiger charge is 2.50. The van der Waals surface area contributed by atoms with Crippen molar-refractivity contribution in [1.82, 2.24) is 10.6 Å². The first kappa shape index (κ1) is 14.8. The lowest BCUT2D eigenvalue weighted by Gasteiger charge is -2.22. The van der Waals surface area contributed by atoms with E-state index < -0.39 is 11.4 Å². The van der Waals surface area contributed by atoms with Crippen molar-refractivity contribution in [3.8, 4) is 0 Å². The summed E-state index contributed by atoms with van der Waals surface area (Å²) >= 11 is 0. The van der Waals surface area contributed by atoms with Gasteiger partial charge in [0.2, 0.25) is 0 Å². The quantitative estimate of drug-likeness (QED) is 0.631. The molecular formula is C12H22N2O4. The van der Waals surface area contributed by atoms with Crippen molar-refractivity contribution < 1.29 is 19.4 Å². The molecule has 0 saturated heterocycles. The van der Waals surface area contributed by atoms with Gasteiger partial charge in [-0.25, -0.2) is 4.79 Å². The van der Waals surface area contributed by atoms with Crippen LogP contribution in [0.4, 0.5) is 4.79 Å². The van der Waals surface area contributed by atoms with Gasteiger partial charge in [-0.05, 0) is 18.8 Å². The van der Waals surface area contributed by atoms with Gasteiger partial charge in [-0.3, -0.25) is 4.79 Å². The van der Waals surface area contributed by atoms with Crippen LogP contribution in [0.3, 0.4) is 0 Å². The molecule has 0 heterocycles. The van der Waals surface area contributed by atoms with Crippen LogP contribution in [0.15, 0.2) is 0 Å². The second-order valence-electron chi connectivity index (χ2n) is 5.22. The molecule has 1 fully saturated rings. The number of carbonyl (C=O) groups is 2. The number of carboxylic acids is 1. The van der Waals surface area contributed by atoms with Crippen molar-refractivity contribution >= 4 is 12.0 Å². The Hall–Kier alpha value is -1.30. The molecule has 1 aliphatic carbocycles. The van der Waals surface area contributed by atoms with Crippen LogP contribution < -0.4 is 10.6 Å². The largest absolute Gasteiger partial charge is 0.481 e. The first-order valence-corrected chi connectivity index (χ1v) is 6.18. The molecule has 0 aliphatic heterocycles. The van der Waals surface area contributed by atoms with Gasteiger partial charge >= 0.3 is 12.0 Å². The van der Waals surface area contributed by atoms with Gasteiger partial charge in [-0.15, -0.1) is 0 Å². The van der Waals surface area contributed by atoms with E-state index in [0.717, 1.165) is 0 Å². The molecule has 3 N–H and O–H groups in total. The number of ether oxygens (including phenoxy) is 1. The van der Waals surface area contributed by atoms with Gasteiger partial charge in [0.15, 0.2) is 0 Å². The third kappa shape index (κ3) is 3.87. The number of amides is 2. The van der Waals surface area contributed by atoms with Gasteiger partial charge in [-0.1, -0.05) is 13.8 Å². The lowest BCUT2D eigenvalue weighted by molar-refractivity contribution is -0.143. The molecule has 0 aromatic carbocycles. The minimum absolute atomic E-state index is 0.0741. The summed E-state index contributed by atoms with van der Waals surface area (Å²) in [4.78, 5) is 22.6. The summed E-state index contributed by atoms with van der Waals surface area (Å²) in [5, 5.41) is 14.4. The third-order valence-electron chi connectivity index (χ3n) is 3.36. The number of hydrogen-bond donors (Lipinski definition) is 3. The van der Waals surface area contributed by atoms with Crippen molar-refractivity contribution in [2.24, 2.45) is 11.3 Å². The Morgan fingerprint density at radius 3 is 2.39 bits per heavy atom. The average Bonchev–Trinajstić information content (AvgIpc) is 3.06. The number of methoxy groups -OCH3 is 1. The smallest absolute Gasteiger partial charge is 0.315 e. The highest BCUT2D eigenvalue weighted by molar-refractivity contribution is 5.80. The van der Waals surface area contributed by atoms with E-state index in [0.29, 0.717) is 19.4 Å². The van der Waals surface area contributed by atoms with Crippen LogP contribution in [0.5, 0.6) is 0 Å². The minimum atomic E-state index is -0.833. The molecule has 18 heavy (non-hydrogen) atoms. The van der Waals surface area contributed by atoms with Crippen LogP contribution in [0.1, 0.15) is 26.7 Å². The van der Waals surface area contributed by atoms with E-state index in [2.05, 4.69) is 10.6 Å². The maximum absolute atomic E-state index is 11.7. The Morgan fingerprint density at radius 1 is 1.39 bits per heavy atom. The molecule has 1 saturated carbocycles. The minimum Gasteiger partial charge on any atom is -0.481 e. The second-order valence-corrected chi connectivity index (χ2v) is 5.22. The van der Waals surface area contributed by atoms with Crippen LogP contribution >= 0.6 is 0 Å². The Labute approximate surface area is 107 Å². The molecule has 104 valence electrons. The zero-order valence-corrected chi connectivity index (χ0v) is 11.2. The van der Waals surface area contributed by atoms with Crippen LogP contribution in [-0.2, 0) is 9.53 Å². The average molecular weight is 258 g/mol. The van der Waals surface area contributed by atoms with Crippen molar-refractivity contribution in [3.05, 3.63) is 0 Å². The van der Waals surface area contributed by atoms with Crippen LogP contribution in [0.25, 0.3) is 0 Å². The number of aliphatic carboxylic acids is 1. The van der Waals surface area contributed by atoms with E-state index >= 15 is 0 Å². The van der Waals surface area contributed by atoms with Gasteiger partial charge in [-0.2, -0.15) is 0 Å². The first-order valence-electron chi connectivity index (χ1n) is 6.18. The van der Waals surface area contributed by atoms with Gasteiger partial charge in [0.05, 0.1) is 18.1 Å². The lowest BCUT2D eigenvalue weighted by Crippen LogP contribution is -2.48. The number of hydrogen-bond acceptors (Lipinski definition) is 3. The summed E-state index contributed by atoms with van der Waals surface area (Å²) in [5.74, 6) is -0.579. The number of carboxylic acid groups (broad SMARTS) is 1. The molecule has 0 bridgehead atoms. The third-order valence-corrected chi connectivity index (χ3v) is 3.36. The van der Waals surface area contributed by atoms with E-state index in [1.807, 2.05) is 13.8 Å². The zero-order valence-electron chi connectivity index (χ0n) is 11.2. The van der Waals surface area contributed by atoms with Gasteiger partial charge in [0, 0.05) is 13.7 Å². The molecule has 0 spiro atoms. The normalized spacial score (nSPS) is 18.2. The van der Waals surface area contributed by atoms with Gasteiger partial charge in [0.25, 0.3) is 0 Å². The van der Waals surface area contributed by atoms with Gasteiger partial charge in [0.1, 0.15) is 0 Å². The predicted octanol–water partition coefficient (Wildman–Crippen LogP) is 0.821. The Kier molecular flexibility index (Phi) is 4.95. The SMILES string of the molecule is COCC(NC(=O)NCC1(C(=O)O)CC1)C(C)C. The molecule has 0 aromatic heterocycles. The number of urea groups is 1. The van der Waals surface area contributed by atoms with Crippen LogP contribution in [0, 0.1) is 11.3 Å². The van der Waals surface area contributed by atoms with Crippen molar-refractivity contribution in [2.75, 3.05) is 20.3 Å². The summed E-state index contributed by atoms with van der Waals surface area (Å²) in [6.07, 6.45) is 1.27. The fourth-order valence-corrected chi connectivity index (χ4v) is 1.67. The summed E-state index contributed by atoms with van der Waals surface area (Å²) in [6.45, 7) is 4.61. The van der Waals surface area contributed by atoms with Crippen molar-refractivity contribution in [2.45, 2.75) is 32.7 Å². The summed E-state index contributed by atoms with van der Waals surface area (Å²) in [5.41, 5.74) is -0.730. The Morgan fingerprint density at radius 2 is 2.00 bits per heavy atom. The number of nitrogens with one attached hydrogen (secondary N) is 2. The molecule has 1 unspecified atom stereocenters. The molecule has 6 nitrogen and oxygen atoms in total. The second kappa shape index (κ2) is 6.04. The van der Waals surface area contributed by atoms with Crippen molar-refractivity contribution in [3.63, 3.8) is 0 Å². The summed E-state index contributed by atoms with van der Waals surface area (Å²) in [6, 6.07) is -0.409. The van der Waals surface area contributed by atoms with E-state index in [1.54, 1.807) is 7.11 Å². The van der Waals surface area contributed by atoms with Crippen LogP contribution in [0.2, 0.25) is 0 Å². The first-order chi connectivity index (χ1) is 8.41. The zero-order chi connectivity index (χ0) is 13.8. The monoisotopic (exact) mass is 258 g/mol. The lowest BCUT2D eigenvalue weighted by atomic mass is 10.1. The molecule has 2 amide bonds. The predicted molar refractivity (Wildman–Crippen MR) is 66.3 cm³/mol. The van der Waals surface area contributed by atoms with E-state index in [4.69, 9.17) is 9.84 Å². The maximum atomic E-state index is 11.7. The Balaban J connectivity index is 2.34. The number of carbonyl (C=O) groups excluding carboxylic acids is 1. The molecule has 1 aliphatic rings. The van der Waals surface area contributed by atoms with Crippen LogP contribution in [-0.4, -0.2) is 43.4 Å². The van der Waals surface area contributed by atoms with E-state index in [9.17, 15) is 9.59 Å². The van der Waals surface area contributed by atoms with Gasteiger partial charge < -0.3 is 20.5 Å². The summed E-state index contributed by atoms with van der Waals surface area (Å²) in [7, 11) is 1.58. The molecule has 0 radical (unpaired) electrons. The van der Waals surface area contributed by atoms with E-state index in [1.165, 1.54) is 0 Å². The number of rotatable bonds is 7. The fraction of sp³-hybridized carbons (Fsp3) is 0.833. The molecule has 1 atom stereocenters. The van der Waals surface area contributed by atoms with E-state index in [-0.39, 0.29) is 24.5 Å². The standard InChI is InChI=1S/C12H22N2O4/c1-8(2)9(6-18-3)14-11(17)13-7-12(4-5-12)10(15)16/h8-9H,4-7H2,1-3H3,(H,15,16)(H2,13,14,17). The topological polar surface area (TPSA) is 87.7 Å².